The third-order valence-corrected chi connectivity index (χ3v) is 4.48. The zero-order chi connectivity index (χ0) is 30.4. The first-order valence-electron chi connectivity index (χ1n) is 7.54. The molecule has 0 aliphatic carbocycles. The van der Waals surface area contributed by atoms with Crippen LogP contribution >= 0.6 is 0 Å². The maximum Gasteiger partial charge on any atom is 0.460 e. The van der Waals surface area contributed by atoms with Crippen molar-refractivity contribution in [2.75, 3.05) is 6.54 Å². The van der Waals surface area contributed by atoms with Gasteiger partial charge in [-0.05, 0) is 0 Å². The molecular formula is C12H8F19NO3S. The summed E-state index contributed by atoms with van der Waals surface area (Å²) in [7, 11) is -8.00. The van der Waals surface area contributed by atoms with E-state index in [9.17, 15) is 91.8 Å². The van der Waals surface area contributed by atoms with Crippen LogP contribution in [0.4, 0.5) is 83.4 Å². The maximum atomic E-state index is 13.2. The molecule has 36 heavy (non-hydrogen) atoms. The predicted octanol–water partition coefficient (Wildman–Crippen LogP) is 5.61. The summed E-state index contributed by atoms with van der Waals surface area (Å²) in [6, 6.07) is 0. The summed E-state index contributed by atoms with van der Waals surface area (Å²) >= 11 is 0. The molecule has 3 N–H and O–H groups in total. The maximum absolute atomic E-state index is 13.2. The molecule has 0 atom stereocenters. The quantitative estimate of drug-likeness (QED) is 0.203. The van der Waals surface area contributed by atoms with Gasteiger partial charge in [0, 0.05) is 6.54 Å². The fourth-order valence-electron chi connectivity index (χ4n) is 1.51. The van der Waals surface area contributed by atoms with Crippen LogP contribution in [0, 0.1) is 0 Å². The van der Waals surface area contributed by atoms with E-state index in [1.165, 1.54) is 0 Å². The molecule has 0 aromatic heterocycles. The van der Waals surface area contributed by atoms with Crippen molar-refractivity contribution in [3.05, 3.63) is 12.7 Å². The number of hydrogen-bond acceptors (Lipinski definition) is 3. The summed E-state index contributed by atoms with van der Waals surface area (Å²) in [5.74, 6) is -62.2. The Bertz CT molecular complexity index is 892. The Morgan fingerprint density at radius 1 is 0.556 bits per heavy atom. The molecule has 0 amide bonds. The molecule has 0 aromatic rings. The van der Waals surface area contributed by atoms with Crippen LogP contribution in [0.2, 0.25) is 0 Å². The SMILES string of the molecule is C=CCN.O=S(=O)(O)C(F)(F)C(F)(F)C(F)(F)C(F)(F)C(F)(F)C(F)(F)C(F)(F)C(F)(F)C(F)(F)F. The fourth-order valence-corrected chi connectivity index (χ4v) is 1.96. The van der Waals surface area contributed by atoms with Gasteiger partial charge in [0.1, 0.15) is 0 Å². The van der Waals surface area contributed by atoms with Crippen molar-refractivity contribution in [3.8, 4) is 0 Å². The third-order valence-electron chi connectivity index (χ3n) is 3.58. The number of alkyl halides is 19. The van der Waals surface area contributed by atoms with Crippen LogP contribution in [0.15, 0.2) is 12.7 Å². The van der Waals surface area contributed by atoms with Crippen molar-refractivity contribution in [2.24, 2.45) is 5.73 Å². The molecule has 0 heterocycles. The molecule has 0 radical (unpaired) electrons. The summed E-state index contributed by atoms with van der Waals surface area (Å²) < 4.78 is 270. The second-order valence-corrected chi connectivity index (χ2v) is 7.50. The van der Waals surface area contributed by atoms with Crippen LogP contribution in [0.1, 0.15) is 0 Å². The molecule has 0 saturated carbocycles. The molecule has 0 fully saturated rings. The molecule has 0 saturated heterocycles. The van der Waals surface area contributed by atoms with E-state index in [1.807, 2.05) is 0 Å². The molecule has 0 aliphatic heterocycles. The summed E-state index contributed by atoms with van der Waals surface area (Å²) in [5, 5.41) is -7.96. The van der Waals surface area contributed by atoms with Gasteiger partial charge < -0.3 is 5.73 Å². The Morgan fingerprint density at radius 2 is 0.750 bits per heavy atom. The molecule has 0 bridgehead atoms. The molecule has 0 rings (SSSR count). The van der Waals surface area contributed by atoms with Crippen LogP contribution in [-0.2, 0) is 10.1 Å². The van der Waals surface area contributed by atoms with Crippen molar-refractivity contribution >= 4 is 10.1 Å². The van der Waals surface area contributed by atoms with E-state index in [0.717, 1.165) is 0 Å². The average Bonchev–Trinajstić information content (AvgIpc) is 2.65. The largest absolute Gasteiger partial charge is 0.460 e. The van der Waals surface area contributed by atoms with E-state index in [1.54, 1.807) is 6.08 Å². The fraction of sp³-hybridized carbons (Fsp3) is 0.833. The molecule has 0 aliphatic rings. The highest BCUT2D eigenvalue weighted by atomic mass is 32.2. The topological polar surface area (TPSA) is 80.4 Å². The Morgan fingerprint density at radius 3 is 0.917 bits per heavy atom. The van der Waals surface area contributed by atoms with Crippen LogP contribution < -0.4 is 5.73 Å². The van der Waals surface area contributed by atoms with Gasteiger partial charge in [-0.3, -0.25) is 4.55 Å². The molecule has 0 unspecified atom stereocenters. The minimum atomic E-state index is -9.15. The standard InChI is InChI=1S/C9HF19O3S.C3H7N/c10-1(11,2(12,13)4(16,17)6(20,21)8(24,25)26)3(14,15)5(18,19)7(22,23)9(27,28)32(29,30)31;1-2-3-4/h(H,29,30,31);2H,1,3-4H2. The number of halogens is 19. The smallest absolute Gasteiger partial charge is 0.327 e. The van der Waals surface area contributed by atoms with Crippen molar-refractivity contribution in [1.29, 1.82) is 0 Å². The summed E-state index contributed by atoms with van der Waals surface area (Å²) in [5.41, 5.74) is 4.91. The van der Waals surface area contributed by atoms with Gasteiger partial charge >= 0.3 is 63.0 Å². The Kier molecular flexibility index (Phi) is 9.66. The normalized spacial score (nSPS) is 15.8. The predicted molar refractivity (Wildman–Crippen MR) is 76.4 cm³/mol. The molecule has 0 spiro atoms. The first-order chi connectivity index (χ1) is 15.2. The van der Waals surface area contributed by atoms with Crippen molar-refractivity contribution in [1.82, 2.24) is 0 Å². The Labute approximate surface area is 185 Å². The van der Waals surface area contributed by atoms with Gasteiger partial charge in [-0.25, -0.2) is 0 Å². The summed E-state index contributed by atoms with van der Waals surface area (Å²) in [6.45, 7) is 3.94. The Balaban J connectivity index is 0. The summed E-state index contributed by atoms with van der Waals surface area (Å²) in [6.07, 6.45) is -6.34. The zero-order valence-electron chi connectivity index (χ0n) is 15.9. The summed E-state index contributed by atoms with van der Waals surface area (Å²) in [4.78, 5) is 0. The van der Waals surface area contributed by atoms with E-state index in [0.29, 0.717) is 6.54 Å². The third kappa shape index (κ3) is 4.90. The molecule has 4 nitrogen and oxygen atoms in total. The Hall–Kier alpha value is -1.72. The highest BCUT2D eigenvalue weighted by Crippen LogP contribution is 2.65. The lowest BCUT2D eigenvalue weighted by Crippen LogP contribution is -2.76. The minimum Gasteiger partial charge on any atom is -0.327 e. The molecular weight excluding hydrogens is 599 g/mol. The van der Waals surface area contributed by atoms with Gasteiger partial charge in [-0.1, -0.05) is 6.08 Å². The van der Waals surface area contributed by atoms with Gasteiger partial charge in [0.15, 0.2) is 0 Å². The lowest BCUT2D eigenvalue weighted by molar-refractivity contribution is -0.466. The van der Waals surface area contributed by atoms with Crippen LogP contribution in [0.3, 0.4) is 0 Å². The molecule has 24 heteroatoms. The van der Waals surface area contributed by atoms with Crippen LogP contribution in [0.25, 0.3) is 0 Å². The first-order valence-corrected chi connectivity index (χ1v) is 8.98. The second-order valence-electron chi connectivity index (χ2n) is 6.03. The lowest BCUT2D eigenvalue weighted by atomic mass is 9.89. The van der Waals surface area contributed by atoms with Crippen LogP contribution in [0.5, 0.6) is 0 Å². The molecule has 218 valence electrons. The van der Waals surface area contributed by atoms with E-state index >= 15 is 0 Å². The van der Waals surface area contributed by atoms with Gasteiger partial charge in [0.25, 0.3) is 0 Å². The van der Waals surface area contributed by atoms with Gasteiger partial charge in [-0.2, -0.15) is 91.8 Å². The van der Waals surface area contributed by atoms with Crippen LogP contribution in [-0.4, -0.2) is 72.4 Å². The monoisotopic (exact) mass is 607 g/mol. The van der Waals surface area contributed by atoms with E-state index < -0.39 is 63.0 Å². The van der Waals surface area contributed by atoms with Crippen molar-refractivity contribution in [3.63, 3.8) is 0 Å². The minimum absolute atomic E-state index is 0.583. The van der Waals surface area contributed by atoms with E-state index in [2.05, 4.69) is 6.58 Å². The van der Waals surface area contributed by atoms with Crippen molar-refractivity contribution in [2.45, 2.75) is 52.9 Å². The zero-order valence-corrected chi connectivity index (χ0v) is 16.7. The lowest BCUT2D eigenvalue weighted by Gasteiger charge is -2.43. The second kappa shape index (κ2) is 9.54. The number of rotatable bonds is 9. The highest BCUT2D eigenvalue weighted by molar-refractivity contribution is 7.87. The van der Waals surface area contributed by atoms with Crippen molar-refractivity contribution < 1.29 is 96.4 Å². The highest BCUT2D eigenvalue weighted by Gasteiger charge is 2.97. The average molecular weight is 607 g/mol. The molecule has 0 aromatic carbocycles. The van der Waals surface area contributed by atoms with Gasteiger partial charge in [0.05, 0.1) is 0 Å². The van der Waals surface area contributed by atoms with E-state index in [-0.39, 0.29) is 0 Å². The number of hydrogen-bond donors (Lipinski definition) is 2. The van der Waals surface area contributed by atoms with Gasteiger partial charge in [-0.15, -0.1) is 6.58 Å². The first kappa shape index (κ1) is 36.4. The number of nitrogens with two attached hydrogens (primary N) is 1. The van der Waals surface area contributed by atoms with E-state index in [4.69, 9.17) is 10.3 Å². The van der Waals surface area contributed by atoms with Gasteiger partial charge in [0.2, 0.25) is 0 Å².